The van der Waals surface area contributed by atoms with Crippen molar-refractivity contribution >= 4 is 17.7 Å². The standard InChI is InChI=1S/C20H24O7/c1-6-8(2)18(23)26-11-7-20(5,25)14-13(9(3)15(21)16(14)22)17-12(11)10(4)19(24)27-17/h6,11-14,17,21,25H,4,7H2,1-3,5H3. The first kappa shape index (κ1) is 19.4. The number of carbonyl (C=O) groups excluding carboxylic acids is 3. The van der Waals surface area contributed by atoms with Crippen LogP contribution in [0, 0.1) is 17.8 Å². The molecule has 27 heavy (non-hydrogen) atoms. The highest BCUT2D eigenvalue weighted by Crippen LogP contribution is 2.53. The Balaban J connectivity index is 2.09. The van der Waals surface area contributed by atoms with Gasteiger partial charge in [0.1, 0.15) is 12.2 Å². The fourth-order valence-electron chi connectivity index (χ4n) is 4.48. The van der Waals surface area contributed by atoms with E-state index < -0.39 is 59.0 Å². The molecule has 7 heteroatoms. The van der Waals surface area contributed by atoms with Crippen LogP contribution in [0.4, 0.5) is 0 Å². The maximum absolute atomic E-state index is 12.6. The second-order valence-electron chi connectivity index (χ2n) is 7.80. The van der Waals surface area contributed by atoms with Gasteiger partial charge < -0.3 is 19.7 Å². The summed E-state index contributed by atoms with van der Waals surface area (Å²) in [6.45, 7) is 10.1. The molecule has 0 aromatic carbocycles. The van der Waals surface area contributed by atoms with Gasteiger partial charge in [-0.25, -0.2) is 9.59 Å². The quantitative estimate of drug-likeness (QED) is 0.558. The zero-order valence-electron chi connectivity index (χ0n) is 15.8. The zero-order valence-corrected chi connectivity index (χ0v) is 15.8. The van der Waals surface area contributed by atoms with Crippen molar-refractivity contribution in [2.45, 2.75) is 51.9 Å². The van der Waals surface area contributed by atoms with Crippen LogP contribution in [-0.4, -0.2) is 45.7 Å². The molecule has 7 nitrogen and oxygen atoms in total. The number of ketones is 1. The Labute approximate surface area is 157 Å². The van der Waals surface area contributed by atoms with E-state index in [0.29, 0.717) is 11.1 Å². The van der Waals surface area contributed by atoms with E-state index in [0.717, 1.165) is 0 Å². The lowest BCUT2D eigenvalue weighted by atomic mass is 9.76. The Morgan fingerprint density at radius 3 is 2.59 bits per heavy atom. The lowest BCUT2D eigenvalue weighted by molar-refractivity contribution is -0.150. The van der Waals surface area contributed by atoms with Gasteiger partial charge in [-0.2, -0.15) is 0 Å². The molecule has 0 aromatic rings. The number of aliphatic hydroxyl groups excluding tert-OH is 1. The molecule has 1 saturated carbocycles. The highest BCUT2D eigenvalue weighted by atomic mass is 16.6. The molecule has 3 rings (SSSR count). The summed E-state index contributed by atoms with van der Waals surface area (Å²) in [5, 5.41) is 21.2. The molecule has 1 heterocycles. The molecule has 6 unspecified atom stereocenters. The molecule has 0 bridgehead atoms. The normalized spacial score (nSPS) is 39.1. The number of rotatable bonds is 2. The predicted octanol–water partition coefficient (Wildman–Crippen LogP) is 1.76. The molecule has 2 aliphatic carbocycles. The third-order valence-corrected chi connectivity index (χ3v) is 6.06. The Hall–Kier alpha value is -2.41. The first-order chi connectivity index (χ1) is 12.5. The minimum atomic E-state index is -1.57. The average molecular weight is 376 g/mol. The smallest absolute Gasteiger partial charge is 0.334 e. The monoisotopic (exact) mass is 376 g/mol. The van der Waals surface area contributed by atoms with Crippen LogP contribution in [-0.2, 0) is 23.9 Å². The lowest BCUT2D eigenvalue weighted by Gasteiger charge is -2.33. The number of esters is 2. The third-order valence-electron chi connectivity index (χ3n) is 6.06. The number of fused-ring (bicyclic) bond motifs is 3. The molecule has 146 valence electrons. The van der Waals surface area contributed by atoms with Gasteiger partial charge in [-0.05, 0) is 33.3 Å². The largest absolute Gasteiger partial charge is 0.504 e. The fraction of sp³-hybridized carbons (Fsp3) is 0.550. The van der Waals surface area contributed by atoms with Crippen molar-refractivity contribution in [2.75, 3.05) is 0 Å². The summed E-state index contributed by atoms with van der Waals surface area (Å²) < 4.78 is 11.1. The van der Waals surface area contributed by atoms with Gasteiger partial charge in [0.15, 0.2) is 5.76 Å². The Morgan fingerprint density at radius 1 is 1.37 bits per heavy atom. The Morgan fingerprint density at radius 2 is 2.00 bits per heavy atom. The van der Waals surface area contributed by atoms with E-state index in [2.05, 4.69) is 6.58 Å². The fourth-order valence-corrected chi connectivity index (χ4v) is 4.48. The molecule has 6 atom stereocenters. The van der Waals surface area contributed by atoms with Crippen molar-refractivity contribution in [2.24, 2.45) is 17.8 Å². The van der Waals surface area contributed by atoms with Gasteiger partial charge in [-0.15, -0.1) is 0 Å². The highest BCUT2D eigenvalue weighted by molar-refractivity contribution is 6.00. The number of hydrogen-bond donors (Lipinski definition) is 2. The summed E-state index contributed by atoms with van der Waals surface area (Å²) in [5.41, 5.74) is -0.686. The predicted molar refractivity (Wildman–Crippen MR) is 94.4 cm³/mol. The van der Waals surface area contributed by atoms with Gasteiger partial charge in [-0.1, -0.05) is 12.7 Å². The number of aliphatic hydroxyl groups is 2. The van der Waals surface area contributed by atoms with Crippen LogP contribution in [0.1, 0.15) is 34.1 Å². The number of allylic oxidation sites excluding steroid dienone is 2. The van der Waals surface area contributed by atoms with E-state index in [1.165, 1.54) is 6.92 Å². The van der Waals surface area contributed by atoms with Crippen LogP contribution >= 0.6 is 0 Å². The molecule has 0 radical (unpaired) electrons. The van der Waals surface area contributed by atoms with Crippen LogP contribution in [0.25, 0.3) is 0 Å². The summed E-state index contributed by atoms with van der Waals surface area (Å²) in [4.78, 5) is 37.1. The summed E-state index contributed by atoms with van der Waals surface area (Å²) in [5.74, 6) is -4.59. The maximum Gasteiger partial charge on any atom is 0.334 e. The van der Waals surface area contributed by atoms with Crippen molar-refractivity contribution in [1.82, 2.24) is 0 Å². The molecule has 1 saturated heterocycles. The van der Waals surface area contributed by atoms with Crippen molar-refractivity contribution in [3.63, 3.8) is 0 Å². The number of ether oxygens (including phenoxy) is 2. The van der Waals surface area contributed by atoms with Gasteiger partial charge in [0, 0.05) is 23.5 Å². The van der Waals surface area contributed by atoms with Gasteiger partial charge in [-0.3, -0.25) is 4.79 Å². The van der Waals surface area contributed by atoms with Crippen LogP contribution in [0.2, 0.25) is 0 Å². The molecule has 0 spiro atoms. The molecule has 0 amide bonds. The molecular formula is C20H24O7. The summed E-state index contributed by atoms with van der Waals surface area (Å²) >= 11 is 0. The molecule has 2 N–H and O–H groups in total. The van der Waals surface area contributed by atoms with Crippen molar-refractivity contribution in [1.29, 1.82) is 0 Å². The number of Topliss-reactive ketones (excluding diaryl/α,β-unsaturated/α-hetero) is 1. The average Bonchev–Trinajstić information content (AvgIpc) is 2.97. The Kier molecular flexibility index (Phi) is 4.54. The van der Waals surface area contributed by atoms with Gasteiger partial charge in [0.2, 0.25) is 5.78 Å². The lowest BCUT2D eigenvalue weighted by Crippen LogP contribution is -2.44. The number of carbonyl (C=O) groups is 3. The second kappa shape index (κ2) is 6.34. The molecular weight excluding hydrogens is 352 g/mol. The van der Waals surface area contributed by atoms with E-state index >= 15 is 0 Å². The second-order valence-corrected chi connectivity index (χ2v) is 7.80. The molecule has 0 aromatic heterocycles. The van der Waals surface area contributed by atoms with Crippen LogP contribution in [0.15, 0.2) is 35.1 Å². The Bertz CT molecular complexity index is 801. The number of hydrogen-bond acceptors (Lipinski definition) is 7. The van der Waals surface area contributed by atoms with E-state index in [4.69, 9.17) is 9.47 Å². The zero-order chi connectivity index (χ0) is 20.3. The van der Waals surface area contributed by atoms with E-state index in [1.54, 1.807) is 26.8 Å². The van der Waals surface area contributed by atoms with Crippen LogP contribution in [0.5, 0.6) is 0 Å². The van der Waals surface area contributed by atoms with Crippen LogP contribution in [0.3, 0.4) is 0 Å². The van der Waals surface area contributed by atoms with Crippen molar-refractivity contribution < 1.29 is 34.1 Å². The first-order valence-electron chi connectivity index (χ1n) is 8.91. The summed E-state index contributed by atoms with van der Waals surface area (Å²) in [7, 11) is 0. The minimum absolute atomic E-state index is 0.0833. The van der Waals surface area contributed by atoms with Gasteiger partial charge >= 0.3 is 11.9 Å². The first-order valence-corrected chi connectivity index (χ1v) is 8.91. The topological polar surface area (TPSA) is 110 Å². The highest BCUT2D eigenvalue weighted by Gasteiger charge is 2.62. The van der Waals surface area contributed by atoms with E-state index in [9.17, 15) is 24.6 Å². The summed E-state index contributed by atoms with van der Waals surface area (Å²) in [6, 6.07) is 0. The summed E-state index contributed by atoms with van der Waals surface area (Å²) in [6.07, 6.45) is -0.218. The van der Waals surface area contributed by atoms with E-state index in [-0.39, 0.29) is 12.0 Å². The molecule has 2 fully saturated rings. The van der Waals surface area contributed by atoms with Crippen LogP contribution < -0.4 is 0 Å². The SMILES string of the molecule is C=C1C(=O)OC2C1C(OC(=O)C(C)=CC)CC(C)(O)C1C(=O)C(O)=C(C)C21. The third kappa shape index (κ3) is 2.81. The maximum atomic E-state index is 12.6. The van der Waals surface area contributed by atoms with E-state index in [1.807, 2.05) is 0 Å². The van der Waals surface area contributed by atoms with Crippen molar-refractivity contribution in [3.05, 3.63) is 35.1 Å². The van der Waals surface area contributed by atoms with Crippen molar-refractivity contribution in [3.8, 4) is 0 Å². The van der Waals surface area contributed by atoms with Gasteiger partial charge in [0.05, 0.1) is 17.4 Å². The van der Waals surface area contributed by atoms with Gasteiger partial charge in [0.25, 0.3) is 0 Å². The molecule has 3 aliphatic rings. The molecule has 1 aliphatic heterocycles. The minimum Gasteiger partial charge on any atom is -0.504 e.